The molecule has 0 heterocycles. The van der Waals surface area contributed by atoms with E-state index in [1.807, 2.05) is 0 Å². The Hall–Kier alpha value is -2.07. The molecule has 1 atom stereocenters. The molecule has 0 aliphatic rings. The zero-order valence-electron chi connectivity index (χ0n) is 18.2. The molecular weight excluding hydrogens is 545 g/mol. The van der Waals surface area contributed by atoms with Gasteiger partial charge in [0.1, 0.15) is 5.75 Å². The van der Waals surface area contributed by atoms with Gasteiger partial charge in [0, 0.05) is 13.5 Å². The molecule has 1 unspecified atom stereocenters. The van der Waals surface area contributed by atoms with E-state index in [4.69, 9.17) is 4.74 Å². The van der Waals surface area contributed by atoms with Crippen LogP contribution in [0, 0.1) is 0 Å². The minimum absolute atomic E-state index is 0.0782. The molecule has 0 aliphatic carbocycles. The first-order valence-electron chi connectivity index (χ1n) is 9.45. The third-order valence-corrected chi connectivity index (χ3v) is 4.72. The van der Waals surface area contributed by atoms with Gasteiger partial charge in [-0.3, -0.25) is 0 Å². The van der Waals surface area contributed by atoms with Crippen LogP contribution >= 0.6 is 0 Å². The van der Waals surface area contributed by atoms with Gasteiger partial charge in [-0.05, 0) is 31.5 Å². The Morgan fingerprint density at radius 2 is 1.11 bits per heavy atom. The summed E-state index contributed by atoms with van der Waals surface area (Å²) in [6.45, 7) is 3.02. The fraction of sp³-hybridized carbons (Fsp3) is 0.684. The maximum absolute atomic E-state index is 14.3. The molecule has 0 fully saturated rings. The van der Waals surface area contributed by atoms with E-state index in [0.29, 0.717) is 7.11 Å². The summed E-state index contributed by atoms with van der Waals surface area (Å²) in [6, 6.07) is 4.14. The van der Waals surface area contributed by atoms with Crippen LogP contribution in [-0.4, -0.2) is 54.9 Å². The molecule has 0 radical (unpaired) electrons. The summed E-state index contributed by atoms with van der Waals surface area (Å²) in [6.07, 6.45) is -13.1. The van der Waals surface area contributed by atoms with Gasteiger partial charge in [0.15, 0.2) is 0 Å². The van der Waals surface area contributed by atoms with Crippen molar-refractivity contribution in [2.75, 3.05) is 7.11 Å². The third-order valence-electron chi connectivity index (χ3n) is 4.72. The molecule has 210 valence electrons. The average molecular weight is 562 g/mol. The predicted molar refractivity (Wildman–Crippen MR) is 92.3 cm³/mol. The molecule has 0 saturated heterocycles. The minimum Gasteiger partial charge on any atom is -0.491 e. The molecule has 36 heavy (non-hydrogen) atoms. The van der Waals surface area contributed by atoms with E-state index in [9.17, 15) is 65.9 Å². The summed E-state index contributed by atoms with van der Waals surface area (Å²) in [5.74, 6) is -46.8. The molecule has 0 spiro atoms. The lowest BCUT2D eigenvalue weighted by atomic mass is 9.88. The van der Waals surface area contributed by atoms with Crippen molar-refractivity contribution < 1.29 is 75.3 Å². The highest BCUT2D eigenvalue weighted by atomic mass is 19.4. The zero-order valence-corrected chi connectivity index (χ0v) is 18.2. The zero-order chi connectivity index (χ0) is 28.8. The fourth-order valence-corrected chi connectivity index (χ4v) is 2.76. The number of halogens is 15. The lowest BCUT2D eigenvalue weighted by Crippen LogP contribution is -2.72. The maximum atomic E-state index is 14.3. The van der Waals surface area contributed by atoms with E-state index >= 15 is 0 Å². The summed E-state index contributed by atoms with van der Waals surface area (Å²) in [4.78, 5) is 0. The van der Waals surface area contributed by atoms with Gasteiger partial charge < -0.3 is 9.47 Å². The summed E-state index contributed by atoms with van der Waals surface area (Å²) < 4.78 is 210. The van der Waals surface area contributed by atoms with Gasteiger partial charge in [0.2, 0.25) is 0 Å². The summed E-state index contributed by atoms with van der Waals surface area (Å²) in [5, 5.41) is 0. The first-order valence-corrected chi connectivity index (χ1v) is 9.45. The van der Waals surface area contributed by atoms with E-state index in [0.717, 1.165) is 18.2 Å². The summed E-state index contributed by atoms with van der Waals surface area (Å²) in [5.41, 5.74) is -0.477. The molecule has 0 bridgehead atoms. The van der Waals surface area contributed by atoms with Crippen molar-refractivity contribution in [3.05, 3.63) is 29.8 Å². The average Bonchev–Trinajstić information content (AvgIpc) is 2.70. The number of rotatable bonds is 11. The van der Waals surface area contributed by atoms with Gasteiger partial charge in [0.05, 0.1) is 12.2 Å². The van der Waals surface area contributed by atoms with Crippen LogP contribution in [0.5, 0.6) is 5.75 Å². The van der Waals surface area contributed by atoms with Crippen molar-refractivity contribution in [3.8, 4) is 5.75 Å². The van der Waals surface area contributed by atoms with Crippen molar-refractivity contribution in [3.63, 3.8) is 0 Å². The maximum Gasteiger partial charge on any atom is 0.460 e. The molecule has 0 aromatic heterocycles. The molecular formula is C19H17F15O2. The second-order valence-electron chi connectivity index (χ2n) is 7.74. The van der Waals surface area contributed by atoms with Crippen molar-refractivity contribution in [1.82, 2.24) is 0 Å². The highest BCUT2D eigenvalue weighted by Gasteiger charge is 2.93. The molecule has 17 heteroatoms. The summed E-state index contributed by atoms with van der Waals surface area (Å²) in [7, 11) is 0.583. The van der Waals surface area contributed by atoms with E-state index in [2.05, 4.69) is 4.74 Å². The van der Waals surface area contributed by atoms with Crippen LogP contribution < -0.4 is 4.74 Å². The Labute approximate surface area is 193 Å². The monoisotopic (exact) mass is 562 g/mol. The van der Waals surface area contributed by atoms with Crippen LogP contribution in [0.2, 0.25) is 0 Å². The first kappa shape index (κ1) is 32.0. The lowest BCUT2D eigenvalue weighted by Gasteiger charge is -2.42. The molecule has 0 saturated carbocycles. The van der Waals surface area contributed by atoms with Gasteiger partial charge in [0.25, 0.3) is 0 Å². The van der Waals surface area contributed by atoms with Crippen molar-refractivity contribution >= 4 is 0 Å². The second-order valence-corrected chi connectivity index (χ2v) is 7.74. The van der Waals surface area contributed by atoms with Crippen molar-refractivity contribution in [2.24, 2.45) is 0 Å². The predicted octanol–water partition coefficient (Wildman–Crippen LogP) is 7.93. The molecule has 1 rings (SSSR count). The Kier molecular flexibility index (Phi) is 8.58. The van der Waals surface area contributed by atoms with Crippen molar-refractivity contribution in [2.45, 2.75) is 74.2 Å². The molecule has 0 aliphatic heterocycles. The number of hydrogen-bond acceptors (Lipinski definition) is 2. The summed E-state index contributed by atoms with van der Waals surface area (Å²) >= 11 is 0. The second kappa shape index (κ2) is 9.67. The number of hydrogen-bond donors (Lipinski definition) is 0. The molecule has 0 amide bonds. The number of methoxy groups -OCH3 is 1. The normalized spacial score (nSPS) is 15.9. The van der Waals surface area contributed by atoms with Crippen LogP contribution in [0.3, 0.4) is 0 Å². The van der Waals surface area contributed by atoms with E-state index in [1.54, 1.807) is 0 Å². The number of benzene rings is 1. The quantitative estimate of drug-likeness (QED) is 0.255. The first-order chi connectivity index (χ1) is 15.8. The minimum atomic E-state index is -8.32. The van der Waals surface area contributed by atoms with Crippen LogP contribution in [0.1, 0.15) is 31.9 Å². The van der Waals surface area contributed by atoms with E-state index < -0.39 is 65.9 Å². The highest BCUT2D eigenvalue weighted by Crippen LogP contribution is 2.63. The fourth-order valence-electron chi connectivity index (χ4n) is 2.76. The largest absolute Gasteiger partial charge is 0.491 e. The van der Waals surface area contributed by atoms with Gasteiger partial charge >= 0.3 is 41.7 Å². The van der Waals surface area contributed by atoms with Gasteiger partial charge in [-0.2, -0.15) is 65.9 Å². The SMILES string of the molecule is COC(CC(F)(F)C(F)(F)C(F)(F)C(F)(F)C(F)(F)C(F)(F)C(F)(F)F)c1cccc(OC(C)C)c1. The Morgan fingerprint density at radius 1 is 0.667 bits per heavy atom. The molecule has 1 aromatic rings. The molecule has 2 nitrogen and oxygen atoms in total. The molecule has 1 aromatic carbocycles. The number of ether oxygens (including phenoxy) is 2. The Bertz CT molecular complexity index is 893. The van der Waals surface area contributed by atoms with Crippen molar-refractivity contribution in [1.29, 1.82) is 0 Å². The van der Waals surface area contributed by atoms with Gasteiger partial charge in [-0.1, -0.05) is 12.1 Å². The lowest BCUT2D eigenvalue weighted by molar-refractivity contribution is -0.453. The van der Waals surface area contributed by atoms with Crippen LogP contribution in [-0.2, 0) is 4.74 Å². The van der Waals surface area contributed by atoms with Gasteiger partial charge in [-0.15, -0.1) is 0 Å². The third kappa shape index (κ3) is 5.16. The molecule has 0 N–H and O–H groups in total. The number of alkyl halides is 15. The Balaban J connectivity index is 3.48. The van der Waals surface area contributed by atoms with E-state index in [1.165, 1.54) is 19.9 Å². The van der Waals surface area contributed by atoms with Crippen LogP contribution in [0.4, 0.5) is 65.9 Å². The van der Waals surface area contributed by atoms with Crippen LogP contribution in [0.15, 0.2) is 24.3 Å². The van der Waals surface area contributed by atoms with E-state index in [-0.39, 0.29) is 5.75 Å². The van der Waals surface area contributed by atoms with Crippen LogP contribution in [0.25, 0.3) is 0 Å². The topological polar surface area (TPSA) is 18.5 Å². The highest BCUT2D eigenvalue weighted by molar-refractivity contribution is 5.30. The smallest absolute Gasteiger partial charge is 0.460 e. The Morgan fingerprint density at radius 3 is 1.53 bits per heavy atom. The van der Waals surface area contributed by atoms with Gasteiger partial charge in [-0.25, -0.2) is 0 Å². The standard InChI is InChI=1S/C19H17F15O2/c1-9(2)36-11-6-4-5-10(7-11)12(35-3)8-13(20,21)14(22,23)15(24,25)16(26,27)17(28,29)18(30,31)19(32,33)34/h4-7,9,12H,8H2,1-3H3.